The smallest absolute Gasteiger partial charge is 0.253 e. The number of carbonyl (C=O) groups is 1. The van der Waals surface area contributed by atoms with E-state index in [0.717, 1.165) is 40.5 Å². The molecule has 2 N–H and O–H groups in total. The molecular weight excluding hydrogens is 361 g/mol. The van der Waals surface area contributed by atoms with E-state index in [2.05, 4.69) is 40.8 Å². The van der Waals surface area contributed by atoms with Gasteiger partial charge in [0.15, 0.2) is 0 Å². The lowest BCUT2D eigenvalue weighted by molar-refractivity contribution is 0.0952. The molecule has 0 atom stereocenters. The first kappa shape index (κ1) is 19.6. The largest absolute Gasteiger partial charge is 0.348 e. The Morgan fingerprint density at radius 1 is 1.31 bits per heavy atom. The molecule has 2 aromatic heterocycles. The van der Waals surface area contributed by atoms with Gasteiger partial charge in [0.1, 0.15) is 7.85 Å². The van der Waals surface area contributed by atoms with E-state index in [4.69, 9.17) is 0 Å². The summed E-state index contributed by atoms with van der Waals surface area (Å²) in [7, 11) is 2.00. The molecule has 0 saturated heterocycles. The minimum atomic E-state index is -0.151. The summed E-state index contributed by atoms with van der Waals surface area (Å²) in [6.45, 7) is 6.44. The number of rotatable bonds is 5. The fourth-order valence-corrected chi connectivity index (χ4v) is 4.21. The van der Waals surface area contributed by atoms with Gasteiger partial charge in [0.2, 0.25) is 0 Å². The van der Waals surface area contributed by atoms with Crippen LogP contribution in [0, 0.1) is 6.92 Å². The monoisotopic (exact) mass is 389 g/mol. The van der Waals surface area contributed by atoms with Crippen molar-refractivity contribution in [3.05, 3.63) is 63.2 Å². The molecule has 29 heavy (non-hydrogen) atoms. The van der Waals surface area contributed by atoms with E-state index < -0.39 is 0 Å². The topological polar surface area (TPSA) is 66.9 Å². The van der Waals surface area contributed by atoms with E-state index in [1.165, 1.54) is 6.42 Å². The molecule has 2 heterocycles. The number of aryl methyl sites for hydroxylation is 1. The second kappa shape index (κ2) is 7.58. The molecule has 0 aliphatic heterocycles. The molecule has 5 nitrogen and oxygen atoms in total. The molecule has 1 aromatic carbocycles. The van der Waals surface area contributed by atoms with Gasteiger partial charge in [0.05, 0.1) is 0 Å². The number of fused-ring (bicyclic) bond motifs is 1. The number of H-pyrrole nitrogens is 1. The maximum absolute atomic E-state index is 13.0. The van der Waals surface area contributed by atoms with Gasteiger partial charge in [-0.2, -0.15) is 0 Å². The summed E-state index contributed by atoms with van der Waals surface area (Å²) in [5.74, 6) is 0.331. The fraction of sp³-hybridized carbons (Fsp3) is 0.391. The van der Waals surface area contributed by atoms with Gasteiger partial charge in [-0.1, -0.05) is 17.9 Å². The highest BCUT2D eigenvalue weighted by Crippen LogP contribution is 2.35. The van der Waals surface area contributed by atoms with E-state index in [1.54, 1.807) is 0 Å². The standard InChI is InChI=1S/C23H28BN3O2/c1-13(2)27-8-7-17-18(10-16(24)11-21(17)27)22(28)25-12-19-14(3)9-20(26-23(19)29)15-5-4-6-15/h7-11,13,15H,4-6,12,24H2,1-3H3,(H,25,28)(H,26,29). The van der Waals surface area contributed by atoms with Crippen LogP contribution in [0.15, 0.2) is 35.3 Å². The van der Waals surface area contributed by atoms with Crippen LogP contribution in [0.25, 0.3) is 10.9 Å². The summed E-state index contributed by atoms with van der Waals surface area (Å²) < 4.78 is 2.17. The van der Waals surface area contributed by atoms with Crippen molar-refractivity contribution < 1.29 is 4.79 Å². The molecule has 150 valence electrons. The van der Waals surface area contributed by atoms with Gasteiger partial charge in [-0.15, -0.1) is 0 Å². The van der Waals surface area contributed by atoms with Crippen molar-refractivity contribution in [2.45, 2.75) is 58.5 Å². The van der Waals surface area contributed by atoms with Crippen LogP contribution in [0.3, 0.4) is 0 Å². The predicted octanol–water partition coefficient (Wildman–Crippen LogP) is 2.67. The normalized spacial score (nSPS) is 14.3. The predicted molar refractivity (Wildman–Crippen MR) is 120 cm³/mol. The third-order valence-electron chi connectivity index (χ3n) is 6.13. The van der Waals surface area contributed by atoms with E-state index in [0.29, 0.717) is 23.1 Å². The van der Waals surface area contributed by atoms with Gasteiger partial charge >= 0.3 is 0 Å². The molecule has 0 spiro atoms. The van der Waals surface area contributed by atoms with Crippen molar-refractivity contribution in [3.8, 4) is 0 Å². The molecule has 1 amide bonds. The van der Waals surface area contributed by atoms with Crippen molar-refractivity contribution in [1.29, 1.82) is 0 Å². The Morgan fingerprint density at radius 2 is 2.07 bits per heavy atom. The maximum atomic E-state index is 13.0. The number of benzene rings is 1. The number of nitrogens with zero attached hydrogens (tertiary/aromatic N) is 1. The van der Waals surface area contributed by atoms with Crippen LogP contribution in [0.4, 0.5) is 0 Å². The van der Waals surface area contributed by atoms with Crippen molar-refractivity contribution >= 4 is 30.1 Å². The van der Waals surface area contributed by atoms with Gasteiger partial charge in [0, 0.05) is 46.5 Å². The highest BCUT2D eigenvalue weighted by atomic mass is 16.1. The van der Waals surface area contributed by atoms with E-state index in [1.807, 2.05) is 33.1 Å². The molecule has 1 saturated carbocycles. The molecule has 1 fully saturated rings. The van der Waals surface area contributed by atoms with Crippen molar-refractivity contribution in [1.82, 2.24) is 14.9 Å². The summed E-state index contributed by atoms with van der Waals surface area (Å²) in [5.41, 5.74) is 5.27. The van der Waals surface area contributed by atoms with Crippen LogP contribution in [0.2, 0.25) is 0 Å². The highest BCUT2D eigenvalue weighted by molar-refractivity contribution is 6.34. The molecule has 0 radical (unpaired) electrons. The molecule has 0 unspecified atom stereocenters. The Hall–Kier alpha value is -2.76. The fourth-order valence-electron chi connectivity index (χ4n) is 4.21. The Kier molecular flexibility index (Phi) is 5.11. The number of aromatic nitrogens is 2. The summed E-state index contributed by atoms with van der Waals surface area (Å²) in [6.07, 6.45) is 5.54. The van der Waals surface area contributed by atoms with Gasteiger partial charge < -0.3 is 14.9 Å². The van der Waals surface area contributed by atoms with Crippen LogP contribution < -0.4 is 16.3 Å². The first-order chi connectivity index (χ1) is 13.8. The van der Waals surface area contributed by atoms with Gasteiger partial charge in [0.25, 0.3) is 11.5 Å². The summed E-state index contributed by atoms with van der Waals surface area (Å²) in [6, 6.07) is 8.41. The number of hydrogen-bond donors (Lipinski definition) is 2. The molecular formula is C23H28BN3O2. The summed E-state index contributed by atoms with van der Waals surface area (Å²) >= 11 is 0. The molecule has 1 aliphatic rings. The first-order valence-corrected chi connectivity index (χ1v) is 10.5. The lowest BCUT2D eigenvalue weighted by atomic mass is 9.82. The quantitative estimate of drug-likeness (QED) is 0.659. The van der Waals surface area contributed by atoms with Crippen LogP contribution in [0.1, 0.15) is 72.2 Å². The van der Waals surface area contributed by atoms with Gasteiger partial charge in [-0.25, -0.2) is 0 Å². The summed E-state index contributed by atoms with van der Waals surface area (Å²) in [4.78, 5) is 28.6. The highest BCUT2D eigenvalue weighted by Gasteiger charge is 2.22. The van der Waals surface area contributed by atoms with E-state index >= 15 is 0 Å². The van der Waals surface area contributed by atoms with Crippen LogP contribution in [-0.4, -0.2) is 23.3 Å². The number of pyridine rings is 1. The minimum Gasteiger partial charge on any atom is -0.348 e. The first-order valence-electron chi connectivity index (χ1n) is 10.5. The van der Waals surface area contributed by atoms with E-state index in [-0.39, 0.29) is 18.0 Å². The molecule has 6 heteroatoms. The number of amides is 1. The number of hydrogen-bond acceptors (Lipinski definition) is 2. The average Bonchev–Trinajstić information content (AvgIpc) is 3.02. The minimum absolute atomic E-state index is 0.0902. The Bertz CT molecular complexity index is 1140. The second-order valence-corrected chi connectivity index (χ2v) is 8.59. The van der Waals surface area contributed by atoms with E-state index in [9.17, 15) is 9.59 Å². The number of nitrogens with one attached hydrogen (secondary N) is 2. The van der Waals surface area contributed by atoms with Crippen LogP contribution >= 0.6 is 0 Å². The number of aromatic amines is 1. The SMILES string of the molecule is Bc1cc(C(=O)NCc2c(C)cc(C3CCC3)[nH]c2=O)c2ccn(C(C)C)c2c1. The van der Waals surface area contributed by atoms with Crippen molar-refractivity contribution in [2.24, 2.45) is 0 Å². The second-order valence-electron chi connectivity index (χ2n) is 8.59. The molecule has 4 rings (SSSR count). The lowest BCUT2D eigenvalue weighted by Crippen LogP contribution is -2.29. The maximum Gasteiger partial charge on any atom is 0.253 e. The van der Waals surface area contributed by atoms with Gasteiger partial charge in [-0.3, -0.25) is 9.59 Å². The molecule has 3 aromatic rings. The zero-order chi connectivity index (χ0) is 20.7. The number of carbonyl (C=O) groups excluding carboxylic acids is 1. The lowest BCUT2D eigenvalue weighted by Gasteiger charge is -2.25. The van der Waals surface area contributed by atoms with Crippen molar-refractivity contribution in [3.63, 3.8) is 0 Å². The Balaban J connectivity index is 1.58. The third kappa shape index (κ3) is 3.64. The zero-order valence-electron chi connectivity index (χ0n) is 17.6. The van der Waals surface area contributed by atoms with Crippen LogP contribution in [0.5, 0.6) is 0 Å². The molecule has 1 aliphatic carbocycles. The summed E-state index contributed by atoms with van der Waals surface area (Å²) in [5, 5.41) is 3.90. The average molecular weight is 389 g/mol. The molecule has 0 bridgehead atoms. The zero-order valence-corrected chi connectivity index (χ0v) is 17.6. The Morgan fingerprint density at radius 3 is 2.69 bits per heavy atom. The van der Waals surface area contributed by atoms with Gasteiger partial charge in [-0.05, 0) is 63.3 Å². The third-order valence-corrected chi connectivity index (χ3v) is 6.13. The van der Waals surface area contributed by atoms with Crippen molar-refractivity contribution in [2.75, 3.05) is 0 Å². The Labute approximate surface area is 171 Å². The van der Waals surface area contributed by atoms with Crippen LogP contribution in [-0.2, 0) is 6.54 Å².